The van der Waals surface area contributed by atoms with E-state index in [4.69, 9.17) is 50.8 Å². The summed E-state index contributed by atoms with van der Waals surface area (Å²) in [4.78, 5) is 35.2. The van der Waals surface area contributed by atoms with Crippen LogP contribution in [0.1, 0.15) is 12.5 Å². The number of ether oxygens (including phenoxy) is 2. The number of nitrogens with two attached hydrogens (primary N) is 2. The first-order valence-electron chi connectivity index (χ1n) is 12.7. The summed E-state index contributed by atoms with van der Waals surface area (Å²) in [5.41, 5.74) is 12.4. The van der Waals surface area contributed by atoms with Crippen molar-refractivity contribution in [3.05, 3.63) is 25.3 Å². The molecule has 0 aromatic carbocycles. The van der Waals surface area contributed by atoms with E-state index in [-0.39, 0.29) is 34.0 Å². The molecule has 0 amide bonds. The maximum atomic E-state index is 16.0. The highest BCUT2D eigenvalue weighted by Gasteiger charge is 2.54. The second-order valence-electron chi connectivity index (χ2n) is 9.85. The van der Waals surface area contributed by atoms with Crippen molar-refractivity contribution in [3.8, 4) is 0 Å². The Kier molecular flexibility index (Phi) is 7.61. The minimum absolute atomic E-state index is 0.0524. The van der Waals surface area contributed by atoms with Crippen LogP contribution in [0.25, 0.3) is 22.3 Å². The molecular formula is C20H22F2N10O8P2S2. The Morgan fingerprint density at radius 3 is 2.05 bits per heavy atom. The van der Waals surface area contributed by atoms with Crippen molar-refractivity contribution in [2.45, 2.75) is 49.2 Å². The minimum atomic E-state index is -4.41. The third-order valence-corrected chi connectivity index (χ3v) is 10.3. The highest BCUT2D eigenvalue weighted by molar-refractivity contribution is 8.44. The number of aromatic nitrogens is 8. The van der Waals surface area contributed by atoms with Crippen LogP contribution in [-0.4, -0.2) is 93.9 Å². The lowest BCUT2D eigenvalue weighted by atomic mass is 10.1. The van der Waals surface area contributed by atoms with Crippen LogP contribution in [0.4, 0.5) is 20.4 Å². The molecule has 3 aliphatic rings. The maximum absolute atomic E-state index is 16.0. The number of hydrogen-bond donors (Lipinski definition) is 4. The zero-order chi connectivity index (χ0) is 31.0. The molecule has 0 saturated carbocycles. The zero-order valence-electron chi connectivity index (χ0n) is 21.9. The van der Waals surface area contributed by atoms with Crippen LogP contribution in [-0.2, 0) is 43.9 Å². The molecule has 2 bridgehead atoms. The first kappa shape index (κ1) is 30.2. The second kappa shape index (κ2) is 11.1. The summed E-state index contributed by atoms with van der Waals surface area (Å²) in [6, 6.07) is 0. The zero-order valence-corrected chi connectivity index (χ0v) is 25.4. The first-order chi connectivity index (χ1) is 20.9. The smallest absolute Gasteiger partial charge is 0.382 e. The summed E-state index contributed by atoms with van der Waals surface area (Å²) in [6.45, 7) is -10.0. The molecule has 24 heteroatoms. The number of rotatable bonds is 2. The summed E-state index contributed by atoms with van der Waals surface area (Å²) in [7, 11) is 0. The van der Waals surface area contributed by atoms with Crippen molar-refractivity contribution in [1.29, 1.82) is 0 Å². The normalized spacial score (nSPS) is 38.3. The molecule has 18 nitrogen and oxygen atoms in total. The molecular weight excluding hydrogens is 672 g/mol. The van der Waals surface area contributed by atoms with E-state index < -0.39 is 75.9 Å². The molecule has 0 radical (unpaired) electrons. The number of alkyl halides is 2. The Labute approximate surface area is 255 Å². The lowest BCUT2D eigenvalue weighted by molar-refractivity contribution is -0.0584. The number of fused-ring (bicyclic) bond motifs is 5. The van der Waals surface area contributed by atoms with Crippen molar-refractivity contribution in [2.75, 3.05) is 24.7 Å². The molecule has 5 N–H and O–H groups in total. The number of imidazole rings is 2. The first-order valence-corrected chi connectivity index (χ1v) is 18.0. The van der Waals surface area contributed by atoms with Crippen LogP contribution in [0.2, 0.25) is 0 Å². The SMILES string of the molecule is Nc1ncnc2c1ncn2[C@@H]1OC2COP(O)(=S)O[C@@H]3[C@H](F)[C@@H](COP(=O)(S)O[C@H]2[C@H]1F)O[C@H]3n1cnc2c(N)ncnc21. The van der Waals surface area contributed by atoms with Crippen molar-refractivity contribution in [2.24, 2.45) is 0 Å². The highest BCUT2D eigenvalue weighted by atomic mass is 32.7. The van der Waals surface area contributed by atoms with Crippen LogP contribution in [0.15, 0.2) is 25.3 Å². The van der Waals surface area contributed by atoms with E-state index in [0.717, 1.165) is 6.33 Å². The standard InChI is InChI=1S/C20H22F2N10O8P2S2/c21-9-7-1-35-41(33,43)39-13-8(38-19(10(13)22)31-5-29-11-15(23)25-3-27-17(11)31)2-36-42(34,44)40-14(9)20(37-7)32-6-30-12-16(24)26-4-28-18(12)32/h3-10,13-14,19-20H,1-2H2,(H,33,43)(H,34,44)(H2,23,25,27)(H2,24,26,28)/t7-,8?,9-,10-,13-,14-,19-,20-,41?,42?/m1/s1. The average molecular weight is 695 g/mol. The number of anilines is 2. The van der Waals surface area contributed by atoms with Gasteiger partial charge < -0.3 is 30.4 Å². The molecule has 7 heterocycles. The van der Waals surface area contributed by atoms with E-state index >= 15 is 8.78 Å². The lowest BCUT2D eigenvalue weighted by Crippen LogP contribution is -2.34. The third kappa shape index (κ3) is 5.26. The van der Waals surface area contributed by atoms with Crippen molar-refractivity contribution >= 4 is 71.5 Å². The van der Waals surface area contributed by atoms with Gasteiger partial charge in [0.1, 0.15) is 48.1 Å². The minimum Gasteiger partial charge on any atom is -0.382 e. The molecule has 3 unspecified atom stereocenters. The number of hydrogen-bond acceptors (Lipinski definition) is 16. The maximum Gasteiger partial charge on any atom is 0.386 e. The van der Waals surface area contributed by atoms with Gasteiger partial charge in [-0.25, -0.2) is 43.2 Å². The second-order valence-corrected chi connectivity index (χ2v) is 15.5. The lowest BCUT2D eigenvalue weighted by Gasteiger charge is -2.27. The number of halogens is 2. The molecule has 10 atom stereocenters. The molecule has 3 fully saturated rings. The Bertz CT molecular complexity index is 1840. The summed E-state index contributed by atoms with van der Waals surface area (Å²) in [6.07, 6.45) is -8.00. The monoisotopic (exact) mass is 694 g/mol. The number of nitrogen functional groups attached to an aromatic ring is 2. The average Bonchev–Trinajstić information content (AvgIpc) is 3.73. The van der Waals surface area contributed by atoms with E-state index in [1.807, 2.05) is 0 Å². The predicted octanol–water partition coefficient (Wildman–Crippen LogP) is 1.37. The van der Waals surface area contributed by atoms with Crippen LogP contribution in [0.3, 0.4) is 0 Å². The summed E-state index contributed by atoms with van der Waals surface area (Å²) in [5, 5.41) is 0. The van der Waals surface area contributed by atoms with Gasteiger partial charge in [0.15, 0.2) is 47.7 Å². The molecule has 0 spiro atoms. The molecule has 4 aromatic rings. The third-order valence-electron chi connectivity index (χ3n) is 7.17. The topological polar surface area (TPSA) is 232 Å². The molecule has 3 aliphatic heterocycles. The summed E-state index contributed by atoms with van der Waals surface area (Å²) >= 11 is 9.16. The van der Waals surface area contributed by atoms with Crippen molar-refractivity contribution in [3.63, 3.8) is 0 Å². The van der Waals surface area contributed by atoms with E-state index in [1.54, 1.807) is 0 Å². The van der Waals surface area contributed by atoms with Crippen LogP contribution in [0, 0.1) is 0 Å². The van der Waals surface area contributed by atoms with Crippen LogP contribution < -0.4 is 11.5 Å². The predicted molar refractivity (Wildman–Crippen MR) is 152 cm³/mol. The van der Waals surface area contributed by atoms with Gasteiger partial charge in [-0.05, 0) is 11.8 Å². The molecule has 236 valence electrons. The quantitative estimate of drug-likeness (QED) is 0.171. The molecule has 0 aliphatic carbocycles. The van der Waals surface area contributed by atoms with Gasteiger partial charge in [0.25, 0.3) is 0 Å². The van der Waals surface area contributed by atoms with Crippen molar-refractivity contribution < 1.29 is 45.8 Å². The van der Waals surface area contributed by atoms with Gasteiger partial charge >= 0.3 is 13.5 Å². The van der Waals surface area contributed by atoms with E-state index in [9.17, 15) is 9.46 Å². The summed E-state index contributed by atoms with van der Waals surface area (Å²) < 4.78 is 81.3. The van der Waals surface area contributed by atoms with Crippen LogP contribution >= 0.6 is 25.8 Å². The fourth-order valence-corrected chi connectivity index (χ4v) is 8.05. The van der Waals surface area contributed by atoms with Gasteiger partial charge in [-0.2, -0.15) is 0 Å². The molecule has 44 heavy (non-hydrogen) atoms. The van der Waals surface area contributed by atoms with Gasteiger partial charge in [-0.1, -0.05) is 12.2 Å². The van der Waals surface area contributed by atoms with Gasteiger partial charge in [0.2, 0.25) is 0 Å². The molecule has 3 saturated heterocycles. The number of nitrogens with zero attached hydrogens (tertiary/aromatic N) is 8. The van der Waals surface area contributed by atoms with Gasteiger partial charge in [-0.15, -0.1) is 0 Å². The Hall–Kier alpha value is -2.49. The Balaban J connectivity index is 1.20. The fraction of sp³-hybridized carbons (Fsp3) is 0.500. The molecule has 4 aromatic heterocycles. The fourth-order valence-electron chi connectivity index (χ4n) is 5.16. The Morgan fingerprint density at radius 2 is 1.41 bits per heavy atom. The van der Waals surface area contributed by atoms with E-state index in [1.165, 1.54) is 28.1 Å². The van der Waals surface area contributed by atoms with Gasteiger partial charge in [-0.3, -0.25) is 22.7 Å². The Morgan fingerprint density at radius 1 is 0.841 bits per heavy atom. The van der Waals surface area contributed by atoms with Gasteiger partial charge in [0, 0.05) is 0 Å². The van der Waals surface area contributed by atoms with Gasteiger partial charge in [0.05, 0.1) is 25.9 Å². The largest absolute Gasteiger partial charge is 0.386 e. The highest BCUT2D eigenvalue weighted by Crippen LogP contribution is 2.58. The number of thiol groups is 1. The van der Waals surface area contributed by atoms with E-state index in [2.05, 4.69) is 42.2 Å². The van der Waals surface area contributed by atoms with E-state index in [0.29, 0.717) is 0 Å². The molecule has 7 rings (SSSR count). The summed E-state index contributed by atoms with van der Waals surface area (Å²) in [5.74, 6) is 0.110. The van der Waals surface area contributed by atoms with Crippen molar-refractivity contribution in [1.82, 2.24) is 39.0 Å². The van der Waals surface area contributed by atoms with Crippen LogP contribution in [0.5, 0.6) is 0 Å².